The Hall–Kier alpha value is -1.23. The molecule has 0 atom stereocenters. The predicted molar refractivity (Wildman–Crippen MR) is 60.2 cm³/mol. The van der Waals surface area contributed by atoms with Crippen molar-refractivity contribution in [2.75, 3.05) is 7.11 Å². The molecule has 0 aliphatic carbocycles. The number of carbonyl (C=O) groups excluding carboxylic acids is 1. The minimum absolute atomic E-state index is 0.0785. The van der Waals surface area contributed by atoms with Gasteiger partial charge in [0.15, 0.2) is 0 Å². The van der Waals surface area contributed by atoms with Crippen LogP contribution in [0.3, 0.4) is 0 Å². The Morgan fingerprint density at radius 3 is 2.62 bits per heavy atom. The van der Waals surface area contributed by atoms with Crippen molar-refractivity contribution in [3.05, 3.63) is 32.4 Å². The molecule has 0 heterocycles. The molecule has 0 aliphatic rings. The van der Waals surface area contributed by atoms with Gasteiger partial charge in [0.1, 0.15) is 6.07 Å². The molecule has 0 radical (unpaired) electrons. The number of hydrogen-bond donors (Lipinski definition) is 0. The number of esters is 1. The van der Waals surface area contributed by atoms with Gasteiger partial charge in [0.05, 0.1) is 18.2 Å². The number of halogens is 3. The van der Waals surface area contributed by atoms with Gasteiger partial charge in [-0.15, -0.1) is 0 Å². The van der Waals surface area contributed by atoms with Crippen LogP contribution in [0.4, 0.5) is 8.78 Å². The molecule has 3 nitrogen and oxygen atoms in total. The van der Waals surface area contributed by atoms with Crippen LogP contribution in [0.25, 0.3) is 0 Å². The molecule has 0 spiro atoms. The number of benzene rings is 1. The Labute approximate surface area is 104 Å². The van der Waals surface area contributed by atoms with E-state index in [9.17, 15) is 13.6 Å². The van der Waals surface area contributed by atoms with Gasteiger partial charge < -0.3 is 4.74 Å². The van der Waals surface area contributed by atoms with E-state index < -0.39 is 18.0 Å². The topological polar surface area (TPSA) is 50.1 Å². The van der Waals surface area contributed by atoms with Crippen LogP contribution in [0.2, 0.25) is 0 Å². The lowest BCUT2D eigenvalue weighted by molar-refractivity contribution is 0.0589. The highest BCUT2D eigenvalue weighted by atomic mass is 127. The van der Waals surface area contributed by atoms with E-state index in [0.29, 0.717) is 3.57 Å². The van der Waals surface area contributed by atoms with Crippen LogP contribution >= 0.6 is 22.6 Å². The van der Waals surface area contributed by atoms with Crippen molar-refractivity contribution in [2.45, 2.75) is 6.43 Å². The highest BCUT2D eigenvalue weighted by molar-refractivity contribution is 14.1. The van der Waals surface area contributed by atoms with Crippen LogP contribution in [0.1, 0.15) is 27.9 Å². The van der Waals surface area contributed by atoms with Gasteiger partial charge in [-0.2, -0.15) is 5.26 Å². The van der Waals surface area contributed by atoms with E-state index in [2.05, 4.69) is 4.74 Å². The number of hydrogen-bond acceptors (Lipinski definition) is 3. The molecule has 0 fully saturated rings. The lowest BCUT2D eigenvalue weighted by Gasteiger charge is -2.09. The van der Waals surface area contributed by atoms with E-state index >= 15 is 0 Å². The Morgan fingerprint density at radius 2 is 2.19 bits per heavy atom. The van der Waals surface area contributed by atoms with Crippen LogP contribution in [0.15, 0.2) is 12.1 Å². The molecule has 0 aromatic heterocycles. The van der Waals surface area contributed by atoms with Crippen LogP contribution < -0.4 is 0 Å². The lowest BCUT2D eigenvalue weighted by atomic mass is 10.0. The zero-order valence-electron chi connectivity index (χ0n) is 8.13. The van der Waals surface area contributed by atoms with Gasteiger partial charge >= 0.3 is 5.97 Å². The second kappa shape index (κ2) is 5.21. The van der Waals surface area contributed by atoms with Crippen LogP contribution in [0.5, 0.6) is 0 Å². The molecule has 0 N–H and O–H groups in total. The normalized spacial score (nSPS) is 10.0. The summed E-state index contributed by atoms with van der Waals surface area (Å²) in [5.41, 5.74) is -0.916. The smallest absolute Gasteiger partial charge is 0.339 e. The number of ether oxygens (including phenoxy) is 1. The van der Waals surface area contributed by atoms with Crippen molar-refractivity contribution in [1.29, 1.82) is 5.26 Å². The summed E-state index contributed by atoms with van der Waals surface area (Å²) < 4.78 is 30.1. The zero-order chi connectivity index (χ0) is 12.3. The van der Waals surface area contributed by atoms with E-state index in [1.807, 2.05) is 0 Å². The van der Waals surface area contributed by atoms with Crippen LogP contribution in [-0.2, 0) is 4.74 Å². The highest BCUT2D eigenvalue weighted by Crippen LogP contribution is 2.28. The number of nitriles is 1. The molecule has 1 aromatic rings. The largest absolute Gasteiger partial charge is 0.465 e. The molecular weight excluding hydrogens is 331 g/mol. The molecule has 0 unspecified atom stereocenters. The van der Waals surface area contributed by atoms with Gasteiger partial charge in [-0.1, -0.05) is 6.07 Å². The van der Waals surface area contributed by atoms with Gasteiger partial charge in [0.25, 0.3) is 6.43 Å². The van der Waals surface area contributed by atoms with E-state index in [-0.39, 0.29) is 11.1 Å². The minimum atomic E-state index is -2.82. The van der Waals surface area contributed by atoms with Crippen molar-refractivity contribution in [1.82, 2.24) is 0 Å². The SMILES string of the molecule is COC(=O)c1c(C(F)F)ccc(I)c1C#N. The lowest BCUT2D eigenvalue weighted by Crippen LogP contribution is -2.10. The first-order valence-corrected chi connectivity index (χ1v) is 5.19. The summed E-state index contributed by atoms with van der Waals surface area (Å²) in [4.78, 5) is 11.4. The molecule has 0 bridgehead atoms. The summed E-state index contributed by atoms with van der Waals surface area (Å²) in [5, 5.41) is 8.84. The fraction of sp³-hybridized carbons (Fsp3) is 0.200. The Kier molecular flexibility index (Phi) is 4.18. The fourth-order valence-electron chi connectivity index (χ4n) is 1.21. The average Bonchev–Trinajstić information content (AvgIpc) is 2.27. The van der Waals surface area contributed by atoms with Gasteiger partial charge in [0, 0.05) is 9.13 Å². The maximum Gasteiger partial charge on any atom is 0.339 e. The van der Waals surface area contributed by atoms with Crippen molar-refractivity contribution in [3.8, 4) is 6.07 Å². The van der Waals surface area contributed by atoms with E-state index in [1.54, 1.807) is 28.7 Å². The van der Waals surface area contributed by atoms with Gasteiger partial charge in [-0.3, -0.25) is 0 Å². The maximum atomic E-state index is 12.7. The van der Waals surface area contributed by atoms with Crippen LogP contribution in [-0.4, -0.2) is 13.1 Å². The fourth-order valence-corrected chi connectivity index (χ4v) is 1.78. The zero-order valence-corrected chi connectivity index (χ0v) is 10.3. The van der Waals surface area contributed by atoms with Crippen molar-refractivity contribution in [2.24, 2.45) is 0 Å². The molecule has 84 valence electrons. The first-order chi connectivity index (χ1) is 7.52. The molecular formula is C10H6F2INO2. The standard InChI is InChI=1S/C10H6F2INO2/c1-16-10(15)8-5(9(11)12)2-3-7(13)6(8)4-14/h2-3,9H,1H3. The third-order valence-electron chi connectivity index (χ3n) is 1.92. The van der Waals surface area contributed by atoms with Gasteiger partial charge in [-0.05, 0) is 28.7 Å². The van der Waals surface area contributed by atoms with Crippen molar-refractivity contribution >= 4 is 28.6 Å². The minimum Gasteiger partial charge on any atom is -0.465 e. The average molecular weight is 337 g/mol. The Balaban J connectivity index is 3.55. The molecule has 1 aromatic carbocycles. The third-order valence-corrected chi connectivity index (χ3v) is 2.82. The summed E-state index contributed by atoms with van der Waals surface area (Å²) in [6.45, 7) is 0. The van der Waals surface area contributed by atoms with Gasteiger partial charge in [0.2, 0.25) is 0 Å². The predicted octanol–water partition coefficient (Wildman–Crippen LogP) is 2.89. The number of rotatable bonds is 2. The number of carbonyl (C=O) groups is 1. The molecule has 6 heteroatoms. The molecule has 0 aliphatic heterocycles. The van der Waals surface area contributed by atoms with Crippen molar-refractivity contribution < 1.29 is 18.3 Å². The number of alkyl halides is 2. The van der Waals surface area contributed by atoms with Crippen LogP contribution in [0, 0.1) is 14.9 Å². The molecule has 0 saturated heterocycles. The van der Waals surface area contributed by atoms with E-state index in [0.717, 1.165) is 13.2 Å². The first-order valence-electron chi connectivity index (χ1n) is 4.11. The summed E-state index contributed by atoms with van der Waals surface area (Å²) in [6, 6.07) is 4.23. The summed E-state index contributed by atoms with van der Waals surface area (Å²) in [7, 11) is 1.08. The summed E-state index contributed by atoms with van der Waals surface area (Å²) in [6.07, 6.45) is -2.82. The molecule has 1 rings (SSSR count). The van der Waals surface area contributed by atoms with E-state index in [1.165, 1.54) is 6.07 Å². The quantitative estimate of drug-likeness (QED) is 0.616. The molecule has 0 amide bonds. The van der Waals surface area contributed by atoms with Crippen molar-refractivity contribution in [3.63, 3.8) is 0 Å². The Morgan fingerprint density at radius 1 is 1.56 bits per heavy atom. The van der Waals surface area contributed by atoms with Gasteiger partial charge in [-0.25, -0.2) is 13.6 Å². The number of methoxy groups -OCH3 is 1. The Bertz CT molecular complexity index is 469. The summed E-state index contributed by atoms with van der Waals surface area (Å²) >= 11 is 1.80. The highest BCUT2D eigenvalue weighted by Gasteiger charge is 2.24. The number of nitrogens with zero attached hydrogens (tertiary/aromatic N) is 1. The first kappa shape index (κ1) is 12.8. The second-order valence-electron chi connectivity index (χ2n) is 2.79. The van der Waals surface area contributed by atoms with E-state index in [4.69, 9.17) is 5.26 Å². The monoisotopic (exact) mass is 337 g/mol. The third kappa shape index (κ3) is 2.29. The summed E-state index contributed by atoms with van der Waals surface area (Å²) in [5.74, 6) is -0.926. The molecule has 16 heavy (non-hydrogen) atoms. The maximum absolute atomic E-state index is 12.7. The second-order valence-corrected chi connectivity index (χ2v) is 3.95. The molecule has 0 saturated carbocycles.